The maximum absolute atomic E-state index is 13.9. The zero-order chi connectivity index (χ0) is 20.5. The topological polar surface area (TPSA) is 52.7 Å². The first-order valence-electron chi connectivity index (χ1n) is 8.88. The lowest BCUT2D eigenvalue weighted by Gasteiger charge is -2.36. The number of piperazine rings is 1. The maximum Gasteiger partial charge on any atom is 0.244 e. The standard InChI is InChI=1S/C19H22F3N3O2S/c1-13(23-28(26,27)19-12-15(21)3-5-17(19)22)16-11-14(20)4-6-18(16)25-9-7-24(2)8-10-25/h3-6,11-13,23H,7-10H2,1-2H3/t13-/m1/s1. The van der Waals surface area contributed by atoms with Gasteiger partial charge in [0.1, 0.15) is 22.3 Å². The van der Waals surface area contributed by atoms with Crippen molar-refractivity contribution in [1.82, 2.24) is 9.62 Å². The molecule has 1 atom stereocenters. The lowest BCUT2D eigenvalue weighted by atomic mass is 10.0. The van der Waals surface area contributed by atoms with E-state index in [1.54, 1.807) is 13.0 Å². The van der Waals surface area contributed by atoms with Crippen molar-refractivity contribution in [2.45, 2.75) is 17.9 Å². The molecule has 1 N–H and O–H groups in total. The Kier molecular flexibility index (Phi) is 5.97. The molecular formula is C19H22F3N3O2S. The molecule has 28 heavy (non-hydrogen) atoms. The van der Waals surface area contributed by atoms with Gasteiger partial charge in [0.05, 0.1) is 0 Å². The first-order chi connectivity index (χ1) is 13.2. The smallest absolute Gasteiger partial charge is 0.244 e. The zero-order valence-electron chi connectivity index (χ0n) is 15.6. The van der Waals surface area contributed by atoms with Crippen LogP contribution < -0.4 is 9.62 Å². The summed E-state index contributed by atoms with van der Waals surface area (Å²) in [5.41, 5.74) is 1.15. The summed E-state index contributed by atoms with van der Waals surface area (Å²) in [6.45, 7) is 4.63. The molecule has 2 aromatic carbocycles. The maximum atomic E-state index is 13.9. The monoisotopic (exact) mass is 413 g/mol. The molecule has 0 spiro atoms. The third-order valence-corrected chi connectivity index (χ3v) is 6.37. The number of likely N-dealkylation sites (N-methyl/N-ethyl adjacent to an activating group) is 1. The molecule has 3 rings (SSSR count). The van der Waals surface area contributed by atoms with Gasteiger partial charge in [-0.3, -0.25) is 0 Å². The molecule has 152 valence electrons. The number of hydrogen-bond acceptors (Lipinski definition) is 4. The molecule has 1 heterocycles. The Bertz CT molecular complexity index is 961. The van der Waals surface area contributed by atoms with Gasteiger partial charge in [0, 0.05) is 37.9 Å². The van der Waals surface area contributed by atoms with Crippen molar-refractivity contribution < 1.29 is 21.6 Å². The molecule has 0 unspecified atom stereocenters. The van der Waals surface area contributed by atoms with E-state index in [-0.39, 0.29) is 0 Å². The normalized spacial score (nSPS) is 17.0. The van der Waals surface area contributed by atoms with Crippen molar-refractivity contribution in [1.29, 1.82) is 0 Å². The minimum atomic E-state index is -4.34. The molecule has 1 saturated heterocycles. The van der Waals surface area contributed by atoms with Gasteiger partial charge < -0.3 is 9.80 Å². The summed E-state index contributed by atoms with van der Waals surface area (Å²) in [4.78, 5) is 3.44. The largest absolute Gasteiger partial charge is 0.369 e. The Morgan fingerprint density at radius 2 is 1.57 bits per heavy atom. The molecule has 1 fully saturated rings. The van der Waals surface area contributed by atoms with Crippen LogP contribution in [-0.4, -0.2) is 46.5 Å². The number of anilines is 1. The number of nitrogens with one attached hydrogen (secondary N) is 1. The molecule has 2 aromatic rings. The van der Waals surface area contributed by atoms with Crippen LogP contribution in [-0.2, 0) is 10.0 Å². The minimum Gasteiger partial charge on any atom is -0.369 e. The van der Waals surface area contributed by atoms with Gasteiger partial charge in [-0.1, -0.05) is 0 Å². The molecular weight excluding hydrogens is 391 g/mol. The molecule has 0 amide bonds. The van der Waals surface area contributed by atoms with Crippen LogP contribution in [0.3, 0.4) is 0 Å². The molecule has 0 saturated carbocycles. The minimum absolute atomic E-state index is 0.435. The summed E-state index contributed by atoms with van der Waals surface area (Å²) in [7, 11) is -2.34. The summed E-state index contributed by atoms with van der Waals surface area (Å²) in [6, 6.07) is 5.58. The van der Waals surface area contributed by atoms with Crippen LogP contribution in [0.5, 0.6) is 0 Å². The van der Waals surface area contributed by atoms with Gasteiger partial charge in [0.2, 0.25) is 10.0 Å². The van der Waals surface area contributed by atoms with Crippen LogP contribution in [0.15, 0.2) is 41.3 Å². The van der Waals surface area contributed by atoms with Crippen molar-refractivity contribution >= 4 is 15.7 Å². The Labute approximate surface area is 162 Å². The predicted molar refractivity (Wildman–Crippen MR) is 101 cm³/mol. The number of hydrogen-bond donors (Lipinski definition) is 1. The number of benzene rings is 2. The van der Waals surface area contributed by atoms with Gasteiger partial charge in [-0.15, -0.1) is 0 Å². The van der Waals surface area contributed by atoms with E-state index in [0.29, 0.717) is 30.4 Å². The van der Waals surface area contributed by atoms with E-state index >= 15 is 0 Å². The highest BCUT2D eigenvalue weighted by Gasteiger charge is 2.26. The first-order valence-corrected chi connectivity index (χ1v) is 10.4. The molecule has 0 bridgehead atoms. The third kappa shape index (κ3) is 4.48. The van der Waals surface area contributed by atoms with Crippen molar-refractivity contribution in [2.24, 2.45) is 0 Å². The van der Waals surface area contributed by atoms with Gasteiger partial charge in [-0.05, 0) is 55.9 Å². The number of nitrogens with zero attached hydrogens (tertiary/aromatic N) is 2. The van der Waals surface area contributed by atoms with Crippen LogP contribution in [0.4, 0.5) is 18.9 Å². The molecule has 5 nitrogen and oxygen atoms in total. The fraction of sp³-hybridized carbons (Fsp3) is 0.368. The molecule has 0 aromatic heterocycles. The van der Waals surface area contributed by atoms with Crippen molar-refractivity contribution in [3.8, 4) is 0 Å². The van der Waals surface area contributed by atoms with Gasteiger partial charge >= 0.3 is 0 Å². The molecule has 0 aliphatic carbocycles. The third-order valence-electron chi connectivity index (χ3n) is 4.81. The summed E-state index contributed by atoms with van der Waals surface area (Å²) in [5.74, 6) is -2.42. The van der Waals surface area contributed by atoms with Gasteiger partial charge in [-0.2, -0.15) is 0 Å². The van der Waals surface area contributed by atoms with Gasteiger partial charge in [-0.25, -0.2) is 26.3 Å². The Morgan fingerprint density at radius 3 is 2.25 bits per heavy atom. The van der Waals surface area contributed by atoms with Crippen molar-refractivity contribution in [3.63, 3.8) is 0 Å². The SMILES string of the molecule is C[C@@H](NS(=O)(=O)c1cc(F)ccc1F)c1cc(F)ccc1N1CCN(C)CC1. The lowest BCUT2D eigenvalue weighted by Crippen LogP contribution is -2.45. The molecule has 1 aliphatic rings. The highest BCUT2D eigenvalue weighted by atomic mass is 32.2. The average Bonchev–Trinajstić information content (AvgIpc) is 2.64. The number of rotatable bonds is 5. The van der Waals surface area contributed by atoms with Crippen LogP contribution >= 0.6 is 0 Å². The van der Waals surface area contributed by atoms with Gasteiger partial charge in [0.25, 0.3) is 0 Å². The van der Waals surface area contributed by atoms with E-state index in [0.717, 1.165) is 25.2 Å². The summed E-state index contributed by atoms with van der Waals surface area (Å²) in [5, 5.41) is 0. The van der Waals surface area contributed by atoms with Gasteiger partial charge in [0.15, 0.2) is 0 Å². The predicted octanol–water partition coefficient (Wildman–Crippen LogP) is 2.90. The summed E-state index contributed by atoms with van der Waals surface area (Å²) >= 11 is 0. The summed E-state index contributed by atoms with van der Waals surface area (Å²) in [6.07, 6.45) is 0. The average molecular weight is 413 g/mol. The number of sulfonamides is 1. The van der Waals surface area contributed by atoms with E-state index in [1.807, 2.05) is 7.05 Å². The Morgan fingerprint density at radius 1 is 0.964 bits per heavy atom. The lowest BCUT2D eigenvalue weighted by molar-refractivity contribution is 0.312. The highest BCUT2D eigenvalue weighted by molar-refractivity contribution is 7.89. The van der Waals surface area contributed by atoms with E-state index in [9.17, 15) is 21.6 Å². The Balaban J connectivity index is 1.91. The molecule has 1 aliphatic heterocycles. The zero-order valence-corrected chi connectivity index (χ0v) is 16.4. The fourth-order valence-electron chi connectivity index (χ4n) is 3.25. The number of halogens is 3. The first kappa shape index (κ1) is 20.6. The van der Waals surface area contributed by atoms with Crippen LogP contribution in [0.25, 0.3) is 0 Å². The van der Waals surface area contributed by atoms with Crippen LogP contribution in [0, 0.1) is 17.5 Å². The molecule has 0 radical (unpaired) electrons. The second-order valence-electron chi connectivity index (χ2n) is 6.91. The van der Waals surface area contributed by atoms with E-state index in [1.165, 1.54) is 12.1 Å². The van der Waals surface area contributed by atoms with E-state index < -0.39 is 38.4 Å². The van der Waals surface area contributed by atoms with Crippen molar-refractivity contribution in [2.75, 3.05) is 38.1 Å². The van der Waals surface area contributed by atoms with Crippen LogP contribution in [0.2, 0.25) is 0 Å². The highest BCUT2D eigenvalue weighted by Crippen LogP contribution is 2.29. The quantitative estimate of drug-likeness (QED) is 0.819. The second-order valence-corrected chi connectivity index (χ2v) is 8.59. The fourth-order valence-corrected chi connectivity index (χ4v) is 4.56. The summed E-state index contributed by atoms with van der Waals surface area (Å²) < 4.78 is 68.7. The molecule has 9 heteroatoms. The van der Waals surface area contributed by atoms with Crippen LogP contribution in [0.1, 0.15) is 18.5 Å². The Hall–Kier alpha value is -2.10. The van der Waals surface area contributed by atoms with E-state index in [2.05, 4.69) is 14.5 Å². The van der Waals surface area contributed by atoms with Crippen molar-refractivity contribution in [3.05, 3.63) is 59.4 Å². The second kappa shape index (κ2) is 8.10. The van der Waals surface area contributed by atoms with E-state index in [4.69, 9.17) is 0 Å².